The minimum atomic E-state index is -0.257. The van der Waals surface area contributed by atoms with Crippen molar-refractivity contribution < 1.29 is 14.4 Å². The number of nitrogens with one attached hydrogen (secondary N) is 3. The highest BCUT2D eigenvalue weighted by Crippen LogP contribution is 2.14. The van der Waals surface area contributed by atoms with Crippen LogP contribution in [0.15, 0.2) is 24.3 Å². The molecule has 1 aromatic carbocycles. The Morgan fingerprint density at radius 2 is 1.96 bits per heavy atom. The van der Waals surface area contributed by atoms with Crippen LogP contribution < -0.4 is 16.0 Å². The lowest BCUT2D eigenvalue weighted by molar-refractivity contribution is -0.132. The van der Waals surface area contributed by atoms with E-state index in [1.807, 2.05) is 13.8 Å². The third kappa shape index (κ3) is 4.00. The van der Waals surface area contributed by atoms with Crippen LogP contribution in [-0.4, -0.2) is 48.9 Å². The van der Waals surface area contributed by atoms with Crippen molar-refractivity contribution in [2.75, 3.05) is 25.5 Å². The Morgan fingerprint density at radius 1 is 1.30 bits per heavy atom. The van der Waals surface area contributed by atoms with Gasteiger partial charge in [0.1, 0.15) is 12.7 Å². The van der Waals surface area contributed by atoms with Crippen molar-refractivity contribution in [3.05, 3.63) is 29.8 Å². The summed E-state index contributed by atoms with van der Waals surface area (Å²) in [7, 11) is 1.57. The molecular formula is C16H22N4O3. The van der Waals surface area contributed by atoms with Crippen LogP contribution in [0.25, 0.3) is 0 Å². The highest BCUT2D eigenvalue weighted by atomic mass is 16.2. The summed E-state index contributed by atoms with van der Waals surface area (Å²) in [5.41, 5.74) is 1.30. The van der Waals surface area contributed by atoms with Crippen LogP contribution in [0.3, 0.4) is 0 Å². The molecule has 1 heterocycles. The third-order valence-electron chi connectivity index (χ3n) is 3.73. The van der Waals surface area contributed by atoms with Crippen LogP contribution in [-0.2, 0) is 9.59 Å². The molecule has 7 nitrogen and oxygen atoms in total. The monoisotopic (exact) mass is 318 g/mol. The van der Waals surface area contributed by atoms with Gasteiger partial charge in [-0.3, -0.25) is 14.4 Å². The van der Waals surface area contributed by atoms with E-state index in [0.29, 0.717) is 5.56 Å². The molecule has 124 valence electrons. The van der Waals surface area contributed by atoms with Gasteiger partial charge in [0.2, 0.25) is 11.8 Å². The second kappa shape index (κ2) is 7.13. The van der Waals surface area contributed by atoms with Gasteiger partial charge in [-0.2, -0.15) is 0 Å². The number of nitrogens with zero attached hydrogens (tertiary/aromatic N) is 1. The summed E-state index contributed by atoms with van der Waals surface area (Å²) in [6.07, 6.45) is -0.257. The third-order valence-corrected chi connectivity index (χ3v) is 3.73. The number of carbonyl (C=O) groups is 3. The zero-order valence-electron chi connectivity index (χ0n) is 13.6. The molecule has 1 unspecified atom stereocenters. The molecule has 23 heavy (non-hydrogen) atoms. The number of anilines is 1. The predicted octanol–water partition coefficient (Wildman–Crippen LogP) is 0.399. The fraction of sp³-hybridized carbons (Fsp3) is 0.438. The molecule has 1 aromatic rings. The summed E-state index contributed by atoms with van der Waals surface area (Å²) in [5.74, 6) is -0.282. The van der Waals surface area contributed by atoms with Gasteiger partial charge in [0.15, 0.2) is 0 Å². The highest BCUT2D eigenvalue weighted by Gasteiger charge is 2.34. The maximum Gasteiger partial charge on any atom is 0.251 e. The number of hydrogen-bond donors (Lipinski definition) is 3. The normalized spacial score (nSPS) is 17.1. The first-order chi connectivity index (χ1) is 10.9. The van der Waals surface area contributed by atoms with Crippen molar-refractivity contribution in [3.63, 3.8) is 0 Å². The molecule has 2 rings (SSSR count). The number of benzene rings is 1. The maximum absolute atomic E-state index is 12.3. The summed E-state index contributed by atoms with van der Waals surface area (Å²) >= 11 is 0. The standard InChI is InChI=1S/C16H22N4O3/c1-10(2)15-19-13(21)9-20(15)14(22)8-18-12-6-4-11(5-7-12)16(23)17-3/h4-7,10,15,18H,8-9H2,1-3H3,(H,17,23)(H,19,21). The Morgan fingerprint density at radius 3 is 2.52 bits per heavy atom. The van der Waals surface area contributed by atoms with Crippen LogP contribution in [0.5, 0.6) is 0 Å². The fourth-order valence-electron chi connectivity index (χ4n) is 2.47. The van der Waals surface area contributed by atoms with Gasteiger partial charge < -0.3 is 20.9 Å². The summed E-state index contributed by atoms with van der Waals surface area (Å²) in [6.45, 7) is 4.11. The van der Waals surface area contributed by atoms with Gasteiger partial charge in [0.05, 0.1) is 6.54 Å². The van der Waals surface area contributed by atoms with Gasteiger partial charge in [-0.25, -0.2) is 0 Å². The average Bonchev–Trinajstić information content (AvgIpc) is 2.94. The molecule has 1 atom stereocenters. The van der Waals surface area contributed by atoms with Crippen LogP contribution in [0, 0.1) is 5.92 Å². The van der Waals surface area contributed by atoms with Crippen LogP contribution in [0.1, 0.15) is 24.2 Å². The minimum Gasteiger partial charge on any atom is -0.376 e. The van der Waals surface area contributed by atoms with Crippen molar-refractivity contribution in [1.29, 1.82) is 0 Å². The van der Waals surface area contributed by atoms with Gasteiger partial charge in [0.25, 0.3) is 5.91 Å². The van der Waals surface area contributed by atoms with E-state index in [9.17, 15) is 14.4 Å². The Balaban J connectivity index is 1.93. The van der Waals surface area contributed by atoms with Crippen molar-refractivity contribution >= 4 is 23.4 Å². The van der Waals surface area contributed by atoms with E-state index in [0.717, 1.165) is 5.69 Å². The zero-order valence-corrected chi connectivity index (χ0v) is 13.6. The van der Waals surface area contributed by atoms with E-state index in [1.165, 1.54) is 0 Å². The van der Waals surface area contributed by atoms with Crippen molar-refractivity contribution in [2.24, 2.45) is 5.92 Å². The van der Waals surface area contributed by atoms with E-state index in [-0.39, 0.29) is 42.9 Å². The Bertz CT molecular complexity index is 598. The molecule has 0 aromatic heterocycles. The lowest BCUT2D eigenvalue weighted by atomic mass is 10.1. The first-order valence-electron chi connectivity index (χ1n) is 7.57. The Labute approximate surface area is 135 Å². The summed E-state index contributed by atoms with van der Waals surface area (Å²) in [4.78, 5) is 36.8. The van der Waals surface area contributed by atoms with E-state index < -0.39 is 0 Å². The maximum atomic E-state index is 12.3. The summed E-state index contributed by atoms with van der Waals surface area (Å²) in [5, 5.41) is 8.37. The number of carbonyl (C=O) groups excluding carboxylic acids is 3. The number of amides is 3. The van der Waals surface area contributed by atoms with Crippen LogP contribution >= 0.6 is 0 Å². The first kappa shape index (κ1) is 16.8. The van der Waals surface area contributed by atoms with E-state index in [2.05, 4.69) is 16.0 Å². The molecule has 3 N–H and O–H groups in total. The molecule has 0 spiro atoms. The lowest BCUT2D eigenvalue weighted by Gasteiger charge is -2.26. The summed E-state index contributed by atoms with van der Waals surface area (Å²) < 4.78 is 0. The predicted molar refractivity (Wildman–Crippen MR) is 86.8 cm³/mol. The molecule has 1 fully saturated rings. The van der Waals surface area contributed by atoms with Gasteiger partial charge in [0, 0.05) is 18.3 Å². The van der Waals surface area contributed by atoms with Crippen LogP contribution in [0.2, 0.25) is 0 Å². The lowest BCUT2D eigenvalue weighted by Crippen LogP contribution is -2.45. The number of rotatable bonds is 5. The fourth-order valence-corrected chi connectivity index (χ4v) is 2.47. The van der Waals surface area contributed by atoms with Crippen molar-refractivity contribution in [3.8, 4) is 0 Å². The quantitative estimate of drug-likeness (QED) is 0.733. The van der Waals surface area contributed by atoms with Crippen molar-refractivity contribution in [2.45, 2.75) is 20.0 Å². The van der Waals surface area contributed by atoms with Crippen LogP contribution in [0.4, 0.5) is 5.69 Å². The topological polar surface area (TPSA) is 90.5 Å². The van der Waals surface area contributed by atoms with E-state index in [1.54, 1.807) is 36.2 Å². The second-order valence-electron chi connectivity index (χ2n) is 5.79. The molecule has 0 aliphatic carbocycles. The Hall–Kier alpha value is -2.57. The highest BCUT2D eigenvalue weighted by molar-refractivity contribution is 5.94. The Kier molecular flexibility index (Phi) is 5.20. The first-order valence-corrected chi connectivity index (χ1v) is 7.57. The zero-order chi connectivity index (χ0) is 17.0. The molecule has 0 saturated carbocycles. The number of hydrogen-bond acceptors (Lipinski definition) is 4. The van der Waals surface area contributed by atoms with Gasteiger partial charge >= 0.3 is 0 Å². The van der Waals surface area contributed by atoms with E-state index >= 15 is 0 Å². The van der Waals surface area contributed by atoms with Gasteiger partial charge in [-0.05, 0) is 30.2 Å². The molecule has 1 saturated heterocycles. The van der Waals surface area contributed by atoms with Crippen molar-refractivity contribution in [1.82, 2.24) is 15.5 Å². The SMILES string of the molecule is CNC(=O)c1ccc(NCC(=O)N2CC(=O)NC2C(C)C)cc1. The molecule has 1 aliphatic rings. The molecule has 0 radical (unpaired) electrons. The molecule has 1 aliphatic heterocycles. The second-order valence-corrected chi connectivity index (χ2v) is 5.79. The van der Waals surface area contributed by atoms with Gasteiger partial charge in [-0.1, -0.05) is 13.8 Å². The molecular weight excluding hydrogens is 296 g/mol. The van der Waals surface area contributed by atoms with E-state index in [4.69, 9.17) is 0 Å². The summed E-state index contributed by atoms with van der Waals surface area (Å²) in [6, 6.07) is 6.85. The minimum absolute atomic E-state index is 0.0947. The smallest absolute Gasteiger partial charge is 0.251 e. The molecule has 3 amide bonds. The molecule has 7 heteroatoms. The molecule has 0 bridgehead atoms. The largest absolute Gasteiger partial charge is 0.376 e. The average molecular weight is 318 g/mol. The van der Waals surface area contributed by atoms with Gasteiger partial charge in [-0.15, -0.1) is 0 Å².